The molecule has 0 saturated carbocycles. The molecule has 0 unspecified atom stereocenters. The fourth-order valence-electron chi connectivity index (χ4n) is 3.73. The number of rotatable bonds is 8. The molecule has 7 heteroatoms. The summed E-state index contributed by atoms with van der Waals surface area (Å²) >= 11 is 6.04. The summed E-state index contributed by atoms with van der Waals surface area (Å²) in [6.45, 7) is 4.11. The van der Waals surface area contributed by atoms with Gasteiger partial charge in [-0.25, -0.2) is 4.98 Å². The van der Waals surface area contributed by atoms with E-state index in [2.05, 4.69) is 10.3 Å². The lowest BCUT2D eigenvalue weighted by Crippen LogP contribution is -2.37. The van der Waals surface area contributed by atoms with Crippen molar-refractivity contribution in [1.82, 2.24) is 14.5 Å². The largest absolute Gasteiger partial charge is 0.329 e. The van der Waals surface area contributed by atoms with Crippen molar-refractivity contribution in [2.24, 2.45) is 0 Å². The third-order valence-electron chi connectivity index (χ3n) is 5.62. The molecule has 1 N–H and O–H groups in total. The Balaban J connectivity index is 1.60. The summed E-state index contributed by atoms with van der Waals surface area (Å²) in [5.74, 6) is -0.0236. The standard InChI is InChI=1S/C28H27ClN4O2/c1-3-27(35)32(17-21-7-5-4-6-8-21)19-26(34)31-28-30-25(22-11-13-23(29)14-12-22)18-33(28)24-15-9-20(2)10-16-24/h4-16,18H,3,17,19H2,1-2H3,(H,30,31,34). The maximum atomic E-state index is 13.1. The number of nitrogens with zero attached hydrogens (tertiary/aromatic N) is 3. The van der Waals surface area contributed by atoms with E-state index < -0.39 is 0 Å². The minimum atomic E-state index is -0.315. The lowest BCUT2D eigenvalue weighted by Gasteiger charge is -2.22. The molecule has 4 rings (SSSR count). The molecular weight excluding hydrogens is 460 g/mol. The van der Waals surface area contributed by atoms with E-state index in [-0.39, 0.29) is 18.4 Å². The first-order valence-electron chi connectivity index (χ1n) is 11.5. The summed E-state index contributed by atoms with van der Waals surface area (Å²) in [5, 5.41) is 3.55. The van der Waals surface area contributed by atoms with Gasteiger partial charge in [-0.1, -0.05) is 78.7 Å². The molecule has 0 saturated heterocycles. The van der Waals surface area contributed by atoms with Crippen molar-refractivity contribution < 1.29 is 9.59 Å². The van der Waals surface area contributed by atoms with Gasteiger partial charge in [0.15, 0.2) is 0 Å². The van der Waals surface area contributed by atoms with Crippen LogP contribution in [0.1, 0.15) is 24.5 Å². The van der Waals surface area contributed by atoms with Crippen molar-refractivity contribution in [1.29, 1.82) is 0 Å². The Labute approximate surface area is 210 Å². The number of carbonyl (C=O) groups is 2. The van der Waals surface area contributed by atoms with Gasteiger partial charge in [0, 0.05) is 35.4 Å². The number of imidazole rings is 1. The van der Waals surface area contributed by atoms with Crippen molar-refractivity contribution in [2.45, 2.75) is 26.8 Å². The van der Waals surface area contributed by atoms with E-state index in [1.54, 1.807) is 24.0 Å². The van der Waals surface area contributed by atoms with Gasteiger partial charge in [-0.05, 0) is 36.8 Å². The summed E-state index contributed by atoms with van der Waals surface area (Å²) in [5.41, 5.74) is 4.54. The van der Waals surface area contributed by atoms with Crippen LogP contribution in [0.25, 0.3) is 16.9 Å². The monoisotopic (exact) mass is 486 g/mol. The number of carbonyl (C=O) groups excluding carboxylic acids is 2. The highest BCUT2D eigenvalue weighted by Gasteiger charge is 2.19. The van der Waals surface area contributed by atoms with Crippen LogP contribution in [0.4, 0.5) is 5.95 Å². The first kappa shape index (κ1) is 24.2. The molecule has 0 aliphatic carbocycles. The SMILES string of the molecule is CCC(=O)N(CC(=O)Nc1nc(-c2ccc(Cl)cc2)cn1-c1ccc(C)cc1)Cc1ccccc1. The minimum Gasteiger partial charge on any atom is -0.329 e. The second-order valence-corrected chi connectivity index (χ2v) is 8.74. The third-order valence-corrected chi connectivity index (χ3v) is 5.87. The van der Waals surface area contributed by atoms with E-state index in [1.807, 2.05) is 84.4 Å². The van der Waals surface area contributed by atoms with E-state index in [9.17, 15) is 9.59 Å². The van der Waals surface area contributed by atoms with E-state index in [1.165, 1.54) is 0 Å². The highest BCUT2D eigenvalue weighted by Crippen LogP contribution is 2.26. The molecule has 0 fully saturated rings. The Morgan fingerprint density at radius 1 is 0.971 bits per heavy atom. The normalized spacial score (nSPS) is 10.7. The second-order valence-electron chi connectivity index (χ2n) is 8.30. The fourth-order valence-corrected chi connectivity index (χ4v) is 3.85. The molecule has 6 nitrogen and oxygen atoms in total. The molecule has 1 heterocycles. The van der Waals surface area contributed by atoms with Gasteiger partial charge in [0.25, 0.3) is 0 Å². The fraction of sp³-hybridized carbons (Fsp3) is 0.179. The molecule has 3 aromatic carbocycles. The molecule has 0 atom stereocenters. The first-order valence-corrected chi connectivity index (χ1v) is 11.8. The van der Waals surface area contributed by atoms with E-state index in [4.69, 9.17) is 11.6 Å². The summed E-state index contributed by atoms with van der Waals surface area (Å²) in [6, 6.07) is 25.0. The zero-order valence-electron chi connectivity index (χ0n) is 19.7. The van der Waals surface area contributed by atoms with Gasteiger partial charge in [0.1, 0.15) is 6.54 Å². The Bertz CT molecular complexity index is 1300. The number of hydrogen-bond donors (Lipinski definition) is 1. The van der Waals surface area contributed by atoms with Crippen LogP contribution in [-0.4, -0.2) is 32.8 Å². The summed E-state index contributed by atoms with van der Waals surface area (Å²) in [6.07, 6.45) is 2.20. The Hall–Kier alpha value is -3.90. The topological polar surface area (TPSA) is 67.2 Å². The summed E-state index contributed by atoms with van der Waals surface area (Å²) in [7, 11) is 0. The molecule has 178 valence electrons. The van der Waals surface area contributed by atoms with Crippen molar-refractivity contribution >= 4 is 29.4 Å². The first-order chi connectivity index (χ1) is 16.9. The molecule has 0 aliphatic heterocycles. The van der Waals surface area contributed by atoms with Gasteiger partial charge < -0.3 is 4.90 Å². The van der Waals surface area contributed by atoms with Crippen LogP contribution in [0, 0.1) is 6.92 Å². The van der Waals surface area contributed by atoms with Crippen molar-refractivity contribution in [3.05, 3.63) is 101 Å². The number of amides is 2. The second kappa shape index (κ2) is 11.0. The molecule has 0 aliphatic rings. The molecule has 0 spiro atoms. The average molecular weight is 487 g/mol. The zero-order valence-corrected chi connectivity index (χ0v) is 20.5. The van der Waals surface area contributed by atoms with Gasteiger partial charge >= 0.3 is 0 Å². The molecule has 0 radical (unpaired) electrons. The van der Waals surface area contributed by atoms with E-state index >= 15 is 0 Å². The molecular formula is C28H27ClN4O2. The highest BCUT2D eigenvalue weighted by molar-refractivity contribution is 6.30. The lowest BCUT2D eigenvalue weighted by molar-refractivity contribution is -0.135. The quantitative estimate of drug-likeness (QED) is 0.338. The number of halogens is 1. The van der Waals surface area contributed by atoms with Crippen LogP contribution in [0.3, 0.4) is 0 Å². The van der Waals surface area contributed by atoms with Crippen LogP contribution in [0.15, 0.2) is 85.1 Å². The predicted octanol–water partition coefficient (Wildman–Crippen LogP) is 5.88. The van der Waals surface area contributed by atoms with Crippen molar-refractivity contribution in [3.63, 3.8) is 0 Å². The van der Waals surface area contributed by atoms with Crippen LogP contribution >= 0.6 is 11.6 Å². The van der Waals surface area contributed by atoms with Gasteiger partial charge in [-0.15, -0.1) is 0 Å². The number of anilines is 1. The minimum absolute atomic E-state index is 0.0708. The van der Waals surface area contributed by atoms with E-state index in [0.29, 0.717) is 29.6 Å². The Morgan fingerprint density at radius 3 is 2.31 bits per heavy atom. The molecule has 0 bridgehead atoms. The summed E-state index contributed by atoms with van der Waals surface area (Å²) < 4.78 is 1.84. The molecule has 2 amide bonds. The van der Waals surface area contributed by atoms with Gasteiger partial charge in [0.2, 0.25) is 17.8 Å². The lowest BCUT2D eigenvalue weighted by atomic mass is 10.2. The number of aryl methyl sites for hydroxylation is 1. The van der Waals surface area contributed by atoms with Gasteiger partial charge in [-0.3, -0.25) is 19.5 Å². The Morgan fingerprint density at radius 2 is 1.66 bits per heavy atom. The molecule has 35 heavy (non-hydrogen) atoms. The smallest absolute Gasteiger partial charge is 0.246 e. The van der Waals surface area contributed by atoms with Gasteiger partial charge in [0.05, 0.1) is 5.69 Å². The number of aromatic nitrogens is 2. The van der Waals surface area contributed by atoms with Crippen LogP contribution in [-0.2, 0) is 16.1 Å². The third kappa shape index (κ3) is 6.16. The maximum absolute atomic E-state index is 13.1. The van der Waals surface area contributed by atoms with E-state index in [0.717, 1.165) is 22.4 Å². The predicted molar refractivity (Wildman–Crippen MR) is 140 cm³/mol. The number of hydrogen-bond acceptors (Lipinski definition) is 3. The Kier molecular flexibility index (Phi) is 7.63. The van der Waals surface area contributed by atoms with Crippen molar-refractivity contribution in [3.8, 4) is 16.9 Å². The van der Waals surface area contributed by atoms with Crippen LogP contribution in [0.2, 0.25) is 5.02 Å². The zero-order chi connectivity index (χ0) is 24.8. The van der Waals surface area contributed by atoms with Gasteiger partial charge in [-0.2, -0.15) is 0 Å². The molecule has 1 aromatic heterocycles. The summed E-state index contributed by atoms with van der Waals surface area (Å²) in [4.78, 5) is 31.9. The number of benzene rings is 3. The van der Waals surface area contributed by atoms with Crippen LogP contribution < -0.4 is 5.32 Å². The number of nitrogens with one attached hydrogen (secondary N) is 1. The average Bonchev–Trinajstić information content (AvgIpc) is 3.28. The molecule has 4 aromatic rings. The highest BCUT2D eigenvalue weighted by atomic mass is 35.5. The van der Waals surface area contributed by atoms with Crippen LogP contribution in [0.5, 0.6) is 0 Å². The maximum Gasteiger partial charge on any atom is 0.246 e. The van der Waals surface area contributed by atoms with Crippen molar-refractivity contribution in [2.75, 3.05) is 11.9 Å².